The lowest BCUT2D eigenvalue weighted by atomic mass is 10.0. The minimum Gasteiger partial charge on any atom is -0.483 e. The van der Waals surface area contributed by atoms with Crippen molar-refractivity contribution in [2.75, 3.05) is 6.61 Å². The quantitative estimate of drug-likeness (QED) is 0.300. The number of hydrogen-bond acceptors (Lipinski definition) is 3. The number of carbonyl (C=O) groups is 2. The predicted octanol–water partition coefficient (Wildman–Crippen LogP) is 6.54. The molecule has 7 heteroatoms. The lowest BCUT2D eigenvalue weighted by Gasteiger charge is -2.32. The fraction of sp³-hybridized carbons (Fsp3) is 0.333. The Balaban J connectivity index is 1.95. The minimum absolute atomic E-state index is 0.0288. The van der Waals surface area contributed by atoms with Crippen LogP contribution in [-0.4, -0.2) is 35.4 Å². The molecule has 0 bridgehead atoms. The summed E-state index contributed by atoms with van der Waals surface area (Å²) in [5.74, 6) is 0.136. The van der Waals surface area contributed by atoms with Gasteiger partial charge < -0.3 is 15.0 Å². The smallest absolute Gasteiger partial charge is 0.261 e. The Bertz CT molecular complexity index is 1220. The van der Waals surface area contributed by atoms with Crippen LogP contribution in [0.1, 0.15) is 42.5 Å². The number of ether oxygens (including phenoxy) is 1. The Hall–Kier alpha value is -3.02. The number of aryl methyl sites for hydroxylation is 2. The first-order chi connectivity index (χ1) is 17.7. The maximum Gasteiger partial charge on any atom is 0.261 e. The molecule has 2 atom stereocenters. The van der Waals surface area contributed by atoms with Crippen LogP contribution in [0.2, 0.25) is 10.0 Å². The van der Waals surface area contributed by atoms with Gasteiger partial charge in [-0.15, -0.1) is 0 Å². The van der Waals surface area contributed by atoms with Crippen molar-refractivity contribution in [2.24, 2.45) is 0 Å². The lowest BCUT2D eigenvalue weighted by Crippen LogP contribution is -2.53. The monoisotopic (exact) mass is 540 g/mol. The second-order valence-corrected chi connectivity index (χ2v) is 10.2. The fourth-order valence-corrected chi connectivity index (χ4v) is 4.24. The summed E-state index contributed by atoms with van der Waals surface area (Å²) in [6.45, 7) is 7.84. The summed E-state index contributed by atoms with van der Waals surface area (Å²) >= 11 is 12.4. The van der Waals surface area contributed by atoms with Gasteiger partial charge in [0.05, 0.1) is 10.0 Å². The molecular weight excluding hydrogens is 507 g/mol. The van der Waals surface area contributed by atoms with E-state index in [4.69, 9.17) is 27.9 Å². The van der Waals surface area contributed by atoms with E-state index in [1.54, 1.807) is 17.0 Å². The van der Waals surface area contributed by atoms with E-state index in [0.29, 0.717) is 22.2 Å². The molecule has 0 aromatic heterocycles. The molecule has 196 valence electrons. The number of halogens is 2. The van der Waals surface area contributed by atoms with E-state index in [9.17, 15) is 9.59 Å². The van der Waals surface area contributed by atoms with Crippen molar-refractivity contribution in [2.45, 2.75) is 59.2 Å². The molecule has 0 heterocycles. The van der Waals surface area contributed by atoms with E-state index >= 15 is 0 Å². The summed E-state index contributed by atoms with van der Waals surface area (Å²) in [6.07, 6.45) is 1.14. The van der Waals surface area contributed by atoms with Crippen LogP contribution in [0.5, 0.6) is 5.75 Å². The Labute approximate surface area is 229 Å². The van der Waals surface area contributed by atoms with Gasteiger partial charge in [0.2, 0.25) is 5.91 Å². The number of nitrogens with one attached hydrogen (secondary N) is 1. The molecule has 0 aliphatic heterocycles. The topological polar surface area (TPSA) is 58.6 Å². The summed E-state index contributed by atoms with van der Waals surface area (Å²) < 4.78 is 5.95. The van der Waals surface area contributed by atoms with Crippen LogP contribution in [0.3, 0.4) is 0 Å². The van der Waals surface area contributed by atoms with Crippen LogP contribution in [0.25, 0.3) is 0 Å². The highest BCUT2D eigenvalue weighted by molar-refractivity contribution is 6.42. The first kappa shape index (κ1) is 28.5. The Morgan fingerprint density at radius 3 is 2.35 bits per heavy atom. The number of hydrogen-bond donors (Lipinski definition) is 1. The molecule has 3 aromatic rings. The van der Waals surface area contributed by atoms with E-state index in [0.717, 1.165) is 28.7 Å². The Morgan fingerprint density at radius 2 is 1.68 bits per heavy atom. The van der Waals surface area contributed by atoms with Gasteiger partial charge in [0.15, 0.2) is 6.61 Å². The van der Waals surface area contributed by atoms with Crippen molar-refractivity contribution < 1.29 is 14.3 Å². The molecule has 2 amide bonds. The Kier molecular flexibility index (Phi) is 10.4. The average molecular weight is 542 g/mol. The lowest BCUT2D eigenvalue weighted by molar-refractivity contribution is -0.143. The fourth-order valence-electron chi connectivity index (χ4n) is 3.91. The summed E-state index contributed by atoms with van der Waals surface area (Å²) in [7, 11) is 0. The second-order valence-electron chi connectivity index (χ2n) is 9.35. The summed E-state index contributed by atoms with van der Waals surface area (Å²) in [5.41, 5.74) is 3.69. The first-order valence-electron chi connectivity index (χ1n) is 12.5. The molecular formula is C30H34Cl2N2O3. The number of amides is 2. The van der Waals surface area contributed by atoms with Gasteiger partial charge in [-0.2, -0.15) is 0 Å². The molecule has 3 rings (SSSR count). The molecule has 0 unspecified atom stereocenters. The van der Waals surface area contributed by atoms with E-state index in [2.05, 4.69) is 5.32 Å². The van der Waals surface area contributed by atoms with Crippen molar-refractivity contribution >= 4 is 35.0 Å². The third-order valence-corrected chi connectivity index (χ3v) is 7.04. The number of benzene rings is 3. The van der Waals surface area contributed by atoms with Gasteiger partial charge in [0, 0.05) is 19.0 Å². The van der Waals surface area contributed by atoms with Gasteiger partial charge in [-0.05, 0) is 67.6 Å². The van der Waals surface area contributed by atoms with E-state index in [-0.39, 0.29) is 31.0 Å². The van der Waals surface area contributed by atoms with Gasteiger partial charge in [-0.1, -0.05) is 78.7 Å². The van der Waals surface area contributed by atoms with Gasteiger partial charge in [-0.3, -0.25) is 9.59 Å². The molecule has 5 nitrogen and oxygen atoms in total. The van der Waals surface area contributed by atoms with Crippen LogP contribution in [0.15, 0.2) is 66.7 Å². The third-order valence-electron chi connectivity index (χ3n) is 6.30. The van der Waals surface area contributed by atoms with Crippen molar-refractivity contribution in [3.63, 3.8) is 0 Å². The van der Waals surface area contributed by atoms with Crippen LogP contribution in [0.4, 0.5) is 0 Å². The minimum atomic E-state index is -0.749. The van der Waals surface area contributed by atoms with Gasteiger partial charge in [0.1, 0.15) is 11.8 Å². The highest BCUT2D eigenvalue weighted by atomic mass is 35.5. The van der Waals surface area contributed by atoms with Crippen molar-refractivity contribution in [3.8, 4) is 5.75 Å². The van der Waals surface area contributed by atoms with Crippen LogP contribution in [-0.2, 0) is 22.6 Å². The van der Waals surface area contributed by atoms with Gasteiger partial charge in [-0.25, -0.2) is 0 Å². The zero-order chi connectivity index (χ0) is 26.9. The van der Waals surface area contributed by atoms with Gasteiger partial charge in [0.25, 0.3) is 5.91 Å². The summed E-state index contributed by atoms with van der Waals surface area (Å²) in [4.78, 5) is 28.9. The molecule has 0 saturated heterocycles. The maximum absolute atomic E-state index is 13.7. The average Bonchev–Trinajstić information content (AvgIpc) is 2.88. The van der Waals surface area contributed by atoms with Crippen molar-refractivity contribution in [1.29, 1.82) is 0 Å². The number of rotatable bonds is 11. The number of nitrogens with zero attached hydrogens (tertiary/aromatic N) is 1. The molecule has 0 fully saturated rings. The van der Waals surface area contributed by atoms with E-state index in [1.807, 2.05) is 82.3 Å². The molecule has 3 aromatic carbocycles. The molecule has 0 saturated carbocycles. The molecule has 0 aliphatic rings. The second kappa shape index (κ2) is 13.5. The van der Waals surface area contributed by atoms with Crippen LogP contribution in [0, 0.1) is 13.8 Å². The first-order valence-corrected chi connectivity index (χ1v) is 13.2. The van der Waals surface area contributed by atoms with E-state index in [1.165, 1.54) is 0 Å². The normalized spacial score (nSPS) is 12.5. The third kappa shape index (κ3) is 8.24. The highest BCUT2D eigenvalue weighted by Crippen LogP contribution is 2.25. The van der Waals surface area contributed by atoms with Crippen LogP contribution < -0.4 is 10.1 Å². The molecule has 1 N–H and O–H groups in total. The molecule has 0 radical (unpaired) electrons. The number of carbonyl (C=O) groups excluding carboxylic acids is 2. The van der Waals surface area contributed by atoms with E-state index < -0.39 is 6.04 Å². The van der Waals surface area contributed by atoms with Crippen molar-refractivity contribution in [1.82, 2.24) is 10.2 Å². The highest BCUT2D eigenvalue weighted by Gasteiger charge is 2.31. The molecule has 0 aliphatic carbocycles. The molecule has 0 spiro atoms. The Morgan fingerprint density at radius 1 is 0.946 bits per heavy atom. The summed E-state index contributed by atoms with van der Waals surface area (Å²) in [5, 5.41) is 3.88. The maximum atomic E-state index is 13.7. The van der Waals surface area contributed by atoms with Gasteiger partial charge >= 0.3 is 0 Å². The predicted molar refractivity (Wildman–Crippen MR) is 150 cm³/mol. The van der Waals surface area contributed by atoms with Crippen molar-refractivity contribution in [3.05, 3.63) is 99.0 Å². The zero-order valence-corrected chi connectivity index (χ0v) is 23.3. The SMILES string of the molecule is CC[C@H](C)NC(=O)[C@@H](Cc1ccccc1)N(Cc1ccc(Cl)c(Cl)c1)C(=O)COc1cc(C)ccc1C. The standard InChI is InChI=1S/C30H34Cl2N2O3/c1-5-22(4)33-30(36)27(17-23-9-7-6-8-10-23)34(18-24-13-14-25(31)26(32)16-24)29(35)19-37-28-15-20(2)11-12-21(28)3/h6-16,22,27H,5,17-19H2,1-4H3,(H,33,36)/t22-,27+/m0/s1. The zero-order valence-electron chi connectivity index (χ0n) is 21.8. The largest absolute Gasteiger partial charge is 0.483 e. The summed E-state index contributed by atoms with van der Waals surface area (Å²) in [6, 6.07) is 20.0. The molecule has 37 heavy (non-hydrogen) atoms. The van der Waals surface area contributed by atoms with Crippen LogP contribution >= 0.6 is 23.2 Å².